The zero-order chi connectivity index (χ0) is 18.0. The minimum Gasteiger partial charge on any atom is -0.461 e. The highest BCUT2D eigenvalue weighted by atomic mass is 35.5. The van der Waals surface area contributed by atoms with Crippen LogP contribution in [-0.4, -0.2) is 34.7 Å². The van der Waals surface area contributed by atoms with Gasteiger partial charge < -0.3 is 9.64 Å². The van der Waals surface area contributed by atoms with Gasteiger partial charge in [-0.15, -0.1) is 23.1 Å². The molecular weight excluding hydrogens is 378 g/mol. The van der Waals surface area contributed by atoms with E-state index in [9.17, 15) is 9.59 Å². The third kappa shape index (κ3) is 4.02. The molecule has 0 spiro atoms. The minimum absolute atomic E-state index is 0.157. The minimum atomic E-state index is -0.606. The molecule has 2 heterocycles. The number of ether oxygens (including phenoxy) is 1. The lowest BCUT2D eigenvalue weighted by atomic mass is 10.1. The molecule has 2 atom stereocenters. The van der Waals surface area contributed by atoms with Gasteiger partial charge in [-0.1, -0.05) is 29.8 Å². The zero-order valence-electron chi connectivity index (χ0n) is 13.8. The maximum atomic E-state index is 13.1. The van der Waals surface area contributed by atoms with Gasteiger partial charge in [-0.2, -0.15) is 0 Å². The number of nitrogens with zero attached hydrogens (tertiary/aromatic N) is 1. The summed E-state index contributed by atoms with van der Waals surface area (Å²) in [6.45, 7) is 3.61. The molecule has 1 aromatic carbocycles. The Morgan fingerprint density at radius 1 is 1.28 bits per heavy atom. The van der Waals surface area contributed by atoms with E-state index in [4.69, 9.17) is 16.3 Å². The van der Waals surface area contributed by atoms with Gasteiger partial charge in [0.1, 0.15) is 11.4 Å². The fourth-order valence-electron chi connectivity index (χ4n) is 2.69. The Hall–Kier alpha value is -1.50. The molecule has 4 nitrogen and oxygen atoms in total. The predicted octanol–water partition coefficient (Wildman–Crippen LogP) is 4.61. The van der Waals surface area contributed by atoms with E-state index >= 15 is 0 Å². The third-order valence-electron chi connectivity index (χ3n) is 3.72. The van der Waals surface area contributed by atoms with Crippen LogP contribution in [0.1, 0.15) is 34.5 Å². The van der Waals surface area contributed by atoms with Crippen molar-refractivity contribution in [2.24, 2.45) is 0 Å². The molecule has 2 unspecified atom stereocenters. The number of benzene rings is 1. The Morgan fingerprint density at radius 3 is 2.72 bits per heavy atom. The summed E-state index contributed by atoms with van der Waals surface area (Å²) in [7, 11) is 0. The highest BCUT2D eigenvalue weighted by molar-refractivity contribution is 7.99. The molecule has 0 saturated carbocycles. The first kappa shape index (κ1) is 18.3. The Balaban J connectivity index is 1.95. The van der Waals surface area contributed by atoms with E-state index in [1.807, 2.05) is 29.6 Å². The first-order chi connectivity index (χ1) is 12.0. The molecule has 0 aliphatic carbocycles. The molecule has 0 radical (unpaired) electrons. The standard InChI is InChI=1S/C18H18ClNO3S2/c1-11(2)23-18(22)14-10-25-17(12-5-3-6-13(19)9-12)20(14)16(21)15-7-4-8-24-15/h3-9,11,14,17H,10H2,1-2H3. The van der Waals surface area contributed by atoms with Gasteiger partial charge in [0.05, 0.1) is 11.0 Å². The van der Waals surface area contributed by atoms with Gasteiger partial charge in [0.25, 0.3) is 5.91 Å². The molecule has 2 aromatic rings. The van der Waals surface area contributed by atoms with Crippen LogP contribution in [0.2, 0.25) is 5.02 Å². The SMILES string of the molecule is CC(C)OC(=O)C1CSC(c2cccc(Cl)c2)N1C(=O)c1cccs1. The van der Waals surface area contributed by atoms with Gasteiger partial charge in [-0.25, -0.2) is 4.79 Å². The van der Waals surface area contributed by atoms with Crippen molar-refractivity contribution >= 4 is 46.6 Å². The molecule has 3 rings (SSSR count). The Morgan fingerprint density at radius 2 is 2.08 bits per heavy atom. The van der Waals surface area contributed by atoms with E-state index in [1.165, 1.54) is 11.3 Å². The van der Waals surface area contributed by atoms with Crippen LogP contribution in [0.15, 0.2) is 41.8 Å². The first-order valence-electron chi connectivity index (χ1n) is 7.91. The highest BCUT2D eigenvalue weighted by Gasteiger charge is 2.44. The molecule has 1 aliphatic heterocycles. The van der Waals surface area contributed by atoms with E-state index in [0.29, 0.717) is 15.7 Å². The molecule has 25 heavy (non-hydrogen) atoms. The molecule has 0 bridgehead atoms. The summed E-state index contributed by atoms with van der Waals surface area (Å²) < 4.78 is 5.37. The Bertz CT molecular complexity index is 763. The molecule has 7 heteroatoms. The second-order valence-electron chi connectivity index (χ2n) is 5.93. The monoisotopic (exact) mass is 395 g/mol. The van der Waals surface area contributed by atoms with Crippen molar-refractivity contribution in [2.75, 3.05) is 5.75 Å². The summed E-state index contributed by atoms with van der Waals surface area (Å²) in [6.07, 6.45) is -0.221. The van der Waals surface area contributed by atoms with Gasteiger partial charge >= 0.3 is 5.97 Å². The fourth-order valence-corrected chi connectivity index (χ4v) is 4.96. The lowest BCUT2D eigenvalue weighted by Crippen LogP contribution is -2.44. The number of halogens is 1. The lowest BCUT2D eigenvalue weighted by molar-refractivity contribution is -0.151. The van der Waals surface area contributed by atoms with Crippen LogP contribution in [0.4, 0.5) is 0 Å². The number of amides is 1. The van der Waals surface area contributed by atoms with Gasteiger partial charge in [-0.05, 0) is 43.0 Å². The van der Waals surface area contributed by atoms with E-state index in [2.05, 4.69) is 0 Å². The fraction of sp³-hybridized carbons (Fsp3) is 0.333. The van der Waals surface area contributed by atoms with Crippen LogP contribution in [0.25, 0.3) is 0 Å². The van der Waals surface area contributed by atoms with Crippen LogP contribution in [0.5, 0.6) is 0 Å². The van der Waals surface area contributed by atoms with Crippen molar-refractivity contribution in [2.45, 2.75) is 31.4 Å². The van der Waals surface area contributed by atoms with E-state index < -0.39 is 6.04 Å². The molecule has 1 amide bonds. The van der Waals surface area contributed by atoms with Crippen molar-refractivity contribution in [1.29, 1.82) is 0 Å². The highest BCUT2D eigenvalue weighted by Crippen LogP contribution is 2.43. The van der Waals surface area contributed by atoms with Gasteiger partial charge in [0, 0.05) is 10.8 Å². The van der Waals surface area contributed by atoms with Crippen molar-refractivity contribution in [1.82, 2.24) is 4.90 Å². The number of esters is 1. The van der Waals surface area contributed by atoms with Crippen molar-refractivity contribution < 1.29 is 14.3 Å². The van der Waals surface area contributed by atoms with Crippen LogP contribution >= 0.6 is 34.7 Å². The summed E-state index contributed by atoms with van der Waals surface area (Å²) >= 11 is 9.03. The zero-order valence-corrected chi connectivity index (χ0v) is 16.2. The van der Waals surface area contributed by atoms with Gasteiger partial charge in [0.15, 0.2) is 0 Å². The smallest absolute Gasteiger partial charge is 0.330 e. The van der Waals surface area contributed by atoms with Crippen LogP contribution < -0.4 is 0 Å². The molecule has 132 valence electrons. The maximum absolute atomic E-state index is 13.1. The van der Waals surface area contributed by atoms with Crippen LogP contribution in [0.3, 0.4) is 0 Å². The van der Waals surface area contributed by atoms with E-state index in [1.54, 1.807) is 42.6 Å². The number of hydrogen-bond donors (Lipinski definition) is 0. The quantitative estimate of drug-likeness (QED) is 0.709. The summed E-state index contributed by atoms with van der Waals surface area (Å²) in [5.74, 6) is -0.0209. The number of carbonyl (C=O) groups excluding carboxylic acids is 2. The van der Waals surface area contributed by atoms with E-state index in [-0.39, 0.29) is 23.4 Å². The van der Waals surface area contributed by atoms with Crippen molar-refractivity contribution in [3.05, 3.63) is 57.2 Å². The van der Waals surface area contributed by atoms with Crippen molar-refractivity contribution in [3.63, 3.8) is 0 Å². The van der Waals surface area contributed by atoms with E-state index in [0.717, 1.165) is 5.56 Å². The van der Waals surface area contributed by atoms with Crippen molar-refractivity contribution in [3.8, 4) is 0 Å². The molecule has 1 aliphatic rings. The summed E-state index contributed by atoms with van der Waals surface area (Å²) in [5, 5.41) is 2.19. The number of carbonyl (C=O) groups is 2. The number of thioether (sulfide) groups is 1. The third-order valence-corrected chi connectivity index (χ3v) is 6.14. The molecule has 1 aromatic heterocycles. The maximum Gasteiger partial charge on any atom is 0.330 e. The topological polar surface area (TPSA) is 46.6 Å². The first-order valence-corrected chi connectivity index (χ1v) is 10.2. The summed E-state index contributed by atoms with van der Waals surface area (Å²) in [5.41, 5.74) is 0.905. The summed E-state index contributed by atoms with van der Waals surface area (Å²) in [6, 6.07) is 10.4. The average Bonchev–Trinajstić information content (AvgIpc) is 3.23. The number of thiophene rings is 1. The second kappa shape index (κ2) is 7.81. The van der Waals surface area contributed by atoms with Crippen LogP contribution in [0, 0.1) is 0 Å². The Kier molecular flexibility index (Phi) is 5.71. The van der Waals surface area contributed by atoms with Gasteiger partial charge in [0.2, 0.25) is 0 Å². The predicted molar refractivity (Wildman–Crippen MR) is 102 cm³/mol. The van der Waals surface area contributed by atoms with Gasteiger partial charge in [-0.3, -0.25) is 4.79 Å². The molecular formula is C18H18ClNO3S2. The lowest BCUT2D eigenvalue weighted by Gasteiger charge is -2.28. The Labute approximate surface area is 160 Å². The average molecular weight is 396 g/mol. The molecule has 0 N–H and O–H groups in total. The molecule has 1 saturated heterocycles. The summed E-state index contributed by atoms with van der Waals surface area (Å²) in [4.78, 5) is 27.8. The number of rotatable bonds is 4. The van der Waals surface area contributed by atoms with Crippen LogP contribution in [-0.2, 0) is 9.53 Å². The second-order valence-corrected chi connectivity index (χ2v) is 8.43. The molecule has 1 fully saturated rings. The number of hydrogen-bond acceptors (Lipinski definition) is 5. The normalized spacial score (nSPS) is 20.1. The largest absolute Gasteiger partial charge is 0.461 e.